The Morgan fingerprint density at radius 2 is 2.26 bits per heavy atom. The monoisotopic (exact) mass is 395 g/mol. The van der Waals surface area contributed by atoms with Crippen molar-refractivity contribution in [2.45, 2.75) is 51.7 Å². The molecular formula is C19H29N3O4S. The second kappa shape index (κ2) is 8.24. The predicted octanol–water partition coefficient (Wildman–Crippen LogP) is 1.62. The number of carbonyl (C=O) groups excluding carboxylic acids is 2. The van der Waals surface area contributed by atoms with Gasteiger partial charge < -0.3 is 20.5 Å². The third-order valence-corrected chi connectivity index (χ3v) is 6.00. The van der Waals surface area contributed by atoms with Crippen LogP contribution in [-0.2, 0) is 4.79 Å². The van der Waals surface area contributed by atoms with Crippen molar-refractivity contribution >= 4 is 23.0 Å². The zero-order valence-electron chi connectivity index (χ0n) is 16.2. The molecule has 0 aliphatic heterocycles. The molecule has 150 valence electrons. The van der Waals surface area contributed by atoms with Crippen LogP contribution in [0, 0.1) is 17.8 Å². The zero-order chi connectivity index (χ0) is 19.6. The highest BCUT2D eigenvalue weighted by molar-refractivity contribution is 7.15. The maximum Gasteiger partial charge on any atom is 0.273 e. The molecule has 1 amide bonds. The van der Waals surface area contributed by atoms with Crippen LogP contribution in [0.25, 0.3) is 0 Å². The summed E-state index contributed by atoms with van der Waals surface area (Å²) in [4.78, 5) is 28.6. The first-order valence-corrected chi connectivity index (χ1v) is 10.4. The standard InChI is InChI=1S/C19H29N3O4S/c1-19(2,3)22-8-12(23)10-26-18-21-9-16(27-18)17(25)20-5-4-13-14-6-11(14)7-15(13)24/h9,11-14,22-23H,4-8,10H2,1-3H3,(H,20,25). The fraction of sp³-hybridized carbons (Fsp3) is 0.737. The van der Waals surface area contributed by atoms with Crippen LogP contribution in [0.4, 0.5) is 0 Å². The molecule has 0 spiro atoms. The lowest BCUT2D eigenvalue weighted by molar-refractivity contribution is -0.121. The summed E-state index contributed by atoms with van der Waals surface area (Å²) in [6.07, 6.45) is 3.46. The summed E-state index contributed by atoms with van der Waals surface area (Å²) in [5.74, 6) is 1.48. The van der Waals surface area contributed by atoms with Gasteiger partial charge in [0.15, 0.2) is 0 Å². The van der Waals surface area contributed by atoms with Gasteiger partial charge in [-0.1, -0.05) is 11.3 Å². The van der Waals surface area contributed by atoms with Crippen LogP contribution in [0.1, 0.15) is 49.7 Å². The van der Waals surface area contributed by atoms with Gasteiger partial charge in [-0.2, -0.15) is 0 Å². The first-order valence-electron chi connectivity index (χ1n) is 9.55. The highest BCUT2D eigenvalue weighted by Crippen LogP contribution is 2.54. The number of hydrogen-bond donors (Lipinski definition) is 3. The maximum absolute atomic E-state index is 12.2. The molecule has 1 aromatic heterocycles. The second-order valence-corrected chi connectivity index (χ2v) is 9.56. The van der Waals surface area contributed by atoms with Gasteiger partial charge >= 0.3 is 0 Å². The largest absolute Gasteiger partial charge is 0.467 e. The third kappa shape index (κ3) is 5.73. The van der Waals surface area contributed by atoms with E-state index in [0.717, 1.165) is 24.2 Å². The van der Waals surface area contributed by atoms with E-state index < -0.39 is 6.10 Å². The molecule has 2 saturated carbocycles. The van der Waals surface area contributed by atoms with E-state index in [1.165, 1.54) is 12.6 Å². The van der Waals surface area contributed by atoms with Gasteiger partial charge in [-0.15, -0.1) is 0 Å². The summed E-state index contributed by atoms with van der Waals surface area (Å²) in [6.45, 7) is 7.12. The van der Waals surface area contributed by atoms with E-state index >= 15 is 0 Å². The summed E-state index contributed by atoms with van der Waals surface area (Å²) in [5.41, 5.74) is -0.0725. The number of β-amino-alcohol motifs (C(OH)–C–C–N with tert-alkyl or cyclic N) is 1. The van der Waals surface area contributed by atoms with Crippen molar-refractivity contribution in [1.82, 2.24) is 15.6 Å². The highest BCUT2D eigenvalue weighted by Gasteiger charge is 2.52. The molecule has 1 aromatic rings. The van der Waals surface area contributed by atoms with Gasteiger partial charge in [0.05, 0.1) is 6.20 Å². The number of nitrogens with one attached hydrogen (secondary N) is 2. The van der Waals surface area contributed by atoms with Crippen LogP contribution in [0.15, 0.2) is 6.20 Å². The lowest BCUT2D eigenvalue weighted by Crippen LogP contribution is -2.42. The number of aromatic nitrogens is 1. The maximum atomic E-state index is 12.2. The lowest BCUT2D eigenvalue weighted by Gasteiger charge is -2.22. The van der Waals surface area contributed by atoms with E-state index in [2.05, 4.69) is 15.6 Å². The molecular weight excluding hydrogens is 366 g/mol. The number of aliphatic hydroxyl groups is 1. The SMILES string of the molecule is CC(C)(C)NCC(O)COc1ncc(C(=O)NCCC2C(=O)CC3CC32)s1. The Labute approximate surface area is 163 Å². The minimum Gasteiger partial charge on any atom is -0.467 e. The summed E-state index contributed by atoms with van der Waals surface area (Å²) >= 11 is 1.15. The molecule has 0 aromatic carbocycles. The number of nitrogens with zero attached hydrogens (tertiary/aromatic N) is 1. The van der Waals surface area contributed by atoms with E-state index in [9.17, 15) is 14.7 Å². The van der Waals surface area contributed by atoms with Crippen molar-refractivity contribution in [1.29, 1.82) is 0 Å². The lowest BCUT2D eigenvalue weighted by atomic mass is 9.98. The Hall–Kier alpha value is -1.51. The minimum atomic E-state index is -0.652. The van der Waals surface area contributed by atoms with Crippen LogP contribution >= 0.6 is 11.3 Å². The van der Waals surface area contributed by atoms with Gasteiger partial charge in [0, 0.05) is 31.0 Å². The molecule has 3 rings (SSSR count). The van der Waals surface area contributed by atoms with E-state index in [4.69, 9.17) is 4.74 Å². The summed E-state index contributed by atoms with van der Waals surface area (Å²) in [7, 11) is 0. The van der Waals surface area contributed by atoms with Crippen molar-refractivity contribution in [2.24, 2.45) is 17.8 Å². The van der Waals surface area contributed by atoms with Gasteiger partial charge in [0.1, 0.15) is 23.4 Å². The van der Waals surface area contributed by atoms with Crippen molar-refractivity contribution < 1.29 is 19.4 Å². The van der Waals surface area contributed by atoms with Crippen LogP contribution in [0.2, 0.25) is 0 Å². The van der Waals surface area contributed by atoms with E-state index in [1.54, 1.807) is 0 Å². The number of carbonyl (C=O) groups is 2. The minimum absolute atomic E-state index is 0.0725. The molecule has 8 heteroatoms. The normalized spacial score (nSPS) is 25.2. The average Bonchev–Trinajstić information content (AvgIpc) is 3.04. The van der Waals surface area contributed by atoms with E-state index in [0.29, 0.717) is 40.8 Å². The molecule has 0 bridgehead atoms. The van der Waals surface area contributed by atoms with Crippen LogP contribution in [0.5, 0.6) is 5.19 Å². The fourth-order valence-corrected chi connectivity index (χ4v) is 4.22. The molecule has 0 saturated heterocycles. The Balaban J connectivity index is 1.36. The Bertz CT molecular complexity index is 685. The molecule has 1 heterocycles. The molecule has 2 aliphatic carbocycles. The van der Waals surface area contributed by atoms with Crippen LogP contribution in [-0.4, -0.2) is 53.1 Å². The molecule has 3 N–H and O–H groups in total. The number of ketones is 1. The molecule has 2 aliphatic rings. The molecule has 4 unspecified atom stereocenters. The van der Waals surface area contributed by atoms with Gasteiger partial charge in [-0.25, -0.2) is 4.98 Å². The number of rotatable bonds is 9. The van der Waals surface area contributed by atoms with Crippen LogP contribution < -0.4 is 15.4 Å². The Morgan fingerprint density at radius 1 is 1.48 bits per heavy atom. The van der Waals surface area contributed by atoms with Gasteiger partial charge in [-0.05, 0) is 45.4 Å². The van der Waals surface area contributed by atoms with Crippen molar-refractivity contribution in [3.05, 3.63) is 11.1 Å². The van der Waals surface area contributed by atoms with Crippen molar-refractivity contribution in [3.63, 3.8) is 0 Å². The van der Waals surface area contributed by atoms with E-state index in [-0.39, 0.29) is 24.0 Å². The topological polar surface area (TPSA) is 101 Å². The first kappa shape index (κ1) is 20.2. The number of thiazole rings is 1. The number of ether oxygens (including phenoxy) is 1. The average molecular weight is 396 g/mol. The molecule has 27 heavy (non-hydrogen) atoms. The number of fused-ring (bicyclic) bond motifs is 1. The highest BCUT2D eigenvalue weighted by atomic mass is 32.1. The summed E-state index contributed by atoms with van der Waals surface area (Å²) in [6, 6.07) is 0. The Morgan fingerprint density at radius 3 is 2.93 bits per heavy atom. The number of hydrogen-bond acceptors (Lipinski definition) is 7. The van der Waals surface area contributed by atoms with Gasteiger partial charge in [0.25, 0.3) is 11.1 Å². The van der Waals surface area contributed by atoms with Gasteiger partial charge in [-0.3, -0.25) is 9.59 Å². The number of Topliss-reactive ketones (excluding diaryl/α,β-unsaturated/α-hetero) is 1. The number of aliphatic hydroxyl groups excluding tert-OH is 1. The summed E-state index contributed by atoms with van der Waals surface area (Å²) < 4.78 is 5.48. The van der Waals surface area contributed by atoms with E-state index in [1.807, 2.05) is 20.8 Å². The van der Waals surface area contributed by atoms with Crippen molar-refractivity contribution in [2.75, 3.05) is 19.7 Å². The fourth-order valence-electron chi connectivity index (χ4n) is 3.53. The third-order valence-electron chi connectivity index (χ3n) is 5.09. The second-order valence-electron chi connectivity index (χ2n) is 8.57. The van der Waals surface area contributed by atoms with Gasteiger partial charge in [0.2, 0.25) is 0 Å². The van der Waals surface area contributed by atoms with Crippen molar-refractivity contribution in [3.8, 4) is 5.19 Å². The smallest absolute Gasteiger partial charge is 0.273 e. The zero-order valence-corrected chi connectivity index (χ0v) is 17.0. The molecule has 0 radical (unpaired) electrons. The number of amides is 1. The Kier molecular flexibility index (Phi) is 6.18. The first-order chi connectivity index (χ1) is 12.7. The molecule has 2 fully saturated rings. The van der Waals surface area contributed by atoms with Crippen LogP contribution in [0.3, 0.4) is 0 Å². The molecule has 7 nitrogen and oxygen atoms in total. The quantitative estimate of drug-likeness (QED) is 0.587. The predicted molar refractivity (Wildman–Crippen MR) is 103 cm³/mol. The summed E-state index contributed by atoms with van der Waals surface area (Å²) in [5, 5.41) is 16.4. The molecule has 4 atom stereocenters.